The summed E-state index contributed by atoms with van der Waals surface area (Å²) >= 11 is 0. The van der Waals surface area contributed by atoms with E-state index >= 15 is 0 Å². The number of ether oxygens (including phenoxy) is 1. The van der Waals surface area contributed by atoms with Crippen molar-refractivity contribution in [1.29, 1.82) is 0 Å². The maximum Gasteiger partial charge on any atom is 0.0851 e. The van der Waals surface area contributed by atoms with Gasteiger partial charge in [0.15, 0.2) is 0 Å². The van der Waals surface area contributed by atoms with Crippen molar-refractivity contribution in [3.8, 4) is 0 Å². The summed E-state index contributed by atoms with van der Waals surface area (Å²) in [5, 5.41) is 0. The smallest absolute Gasteiger partial charge is 0.0851 e. The first kappa shape index (κ1) is 5.18. The molecule has 2 heteroatoms. The van der Waals surface area contributed by atoms with E-state index in [4.69, 9.17) is 4.74 Å². The summed E-state index contributed by atoms with van der Waals surface area (Å²) in [7, 11) is 0. The van der Waals surface area contributed by atoms with Crippen LogP contribution in [-0.2, 0) is 4.74 Å². The topological polar surface area (TPSA) is 21.6 Å². The van der Waals surface area contributed by atoms with Crippen LogP contribution in [0.3, 0.4) is 0 Å². The van der Waals surface area contributed by atoms with Crippen molar-refractivity contribution in [3.05, 3.63) is 12.3 Å². The lowest BCUT2D eigenvalue weighted by atomic mass is 10.0. The van der Waals surface area contributed by atoms with E-state index in [1.165, 1.54) is 0 Å². The second-order valence-corrected chi connectivity index (χ2v) is 2.43. The van der Waals surface area contributed by atoms with E-state index in [9.17, 15) is 0 Å². The monoisotopic (exact) mass is 123 g/mol. The van der Waals surface area contributed by atoms with Gasteiger partial charge < -0.3 is 4.74 Å². The molecule has 2 rings (SSSR count). The summed E-state index contributed by atoms with van der Waals surface area (Å²) in [5.74, 6) is 0.565. The first-order valence-electron chi connectivity index (χ1n) is 3.28. The molecular formula is C7H9NO. The van der Waals surface area contributed by atoms with Crippen LogP contribution in [0, 0.1) is 5.92 Å². The van der Waals surface area contributed by atoms with E-state index in [-0.39, 0.29) is 0 Å². The van der Waals surface area contributed by atoms with Crippen LogP contribution >= 0.6 is 0 Å². The molecule has 0 N–H and O–H groups in total. The molecule has 0 aromatic carbocycles. The second-order valence-electron chi connectivity index (χ2n) is 2.43. The summed E-state index contributed by atoms with van der Waals surface area (Å²) in [5.41, 5.74) is 0. The Morgan fingerprint density at radius 3 is 3.44 bits per heavy atom. The third-order valence-electron chi connectivity index (χ3n) is 1.82. The van der Waals surface area contributed by atoms with Crippen molar-refractivity contribution >= 4 is 6.21 Å². The highest BCUT2D eigenvalue weighted by Gasteiger charge is 2.25. The average Bonchev–Trinajstić information content (AvgIpc) is 2.33. The predicted octanol–water partition coefficient (Wildman–Crippen LogP) is 0.990. The van der Waals surface area contributed by atoms with Gasteiger partial charge in [-0.2, -0.15) is 0 Å². The van der Waals surface area contributed by atoms with Gasteiger partial charge in [0.2, 0.25) is 0 Å². The number of nitrogens with zero attached hydrogens (tertiary/aromatic N) is 1. The molecule has 2 heterocycles. The Balaban J connectivity index is 2.18. The van der Waals surface area contributed by atoms with Gasteiger partial charge in [-0.05, 0) is 12.5 Å². The van der Waals surface area contributed by atoms with Crippen LogP contribution in [0.4, 0.5) is 0 Å². The number of hydrogen-bond acceptors (Lipinski definition) is 2. The SMILES string of the molecule is C1=CC2OCCC2C=N1. The largest absolute Gasteiger partial charge is 0.373 e. The molecule has 1 fully saturated rings. The lowest BCUT2D eigenvalue weighted by Crippen LogP contribution is -2.15. The molecule has 2 nitrogen and oxygen atoms in total. The molecule has 0 radical (unpaired) electrons. The zero-order valence-corrected chi connectivity index (χ0v) is 5.16. The standard InChI is InChI=1S/C7H9NO/c1-3-8-5-6-2-4-9-7(1)6/h1,3,5-7H,2,4H2. The van der Waals surface area contributed by atoms with Crippen molar-refractivity contribution in [1.82, 2.24) is 0 Å². The molecule has 2 aliphatic rings. The fraction of sp³-hybridized carbons (Fsp3) is 0.571. The van der Waals surface area contributed by atoms with Crippen LogP contribution in [0.2, 0.25) is 0 Å². The summed E-state index contributed by atoms with van der Waals surface area (Å²) < 4.78 is 5.38. The van der Waals surface area contributed by atoms with Crippen LogP contribution in [0.5, 0.6) is 0 Å². The summed E-state index contributed by atoms with van der Waals surface area (Å²) in [6, 6.07) is 0. The minimum absolute atomic E-state index is 0.336. The van der Waals surface area contributed by atoms with Crippen molar-refractivity contribution < 1.29 is 4.74 Å². The fourth-order valence-corrected chi connectivity index (χ4v) is 1.28. The Bertz CT molecular complexity index is 144. The normalized spacial score (nSPS) is 39.1. The minimum atomic E-state index is 0.336. The molecule has 48 valence electrons. The van der Waals surface area contributed by atoms with Crippen molar-refractivity contribution in [3.63, 3.8) is 0 Å². The molecule has 2 aliphatic heterocycles. The number of aliphatic imine (C=N–C) groups is 1. The van der Waals surface area contributed by atoms with Crippen LogP contribution in [0.25, 0.3) is 0 Å². The van der Waals surface area contributed by atoms with Crippen LogP contribution in [0.1, 0.15) is 6.42 Å². The zero-order valence-electron chi connectivity index (χ0n) is 5.16. The van der Waals surface area contributed by atoms with Gasteiger partial charge in [0.25, 0.3) is 0 Å². The van der Waals surface area contributed by atoms with Crippen LogP contribution < -0.4 is 0 Å². The van der Waals surface area contributed by atoms with Crippen molar-refractivity contribution in [2.75, 3.05) is 6.61 Å². The number of hydrogen-bond donors (Lipinski definition) is 0. The van der Waals surface area contributed by atoms with Crippen molar-refractivity contribution in [2.24, 2.45) is 10.9 Å². The first-order valence-corrected chi connectivity index (χ1v) is 3.28. The van der Waals surface area contributed by atoms with Gasteiger partial charge in [-0.1, -0.05) is 0 Å². The molecule has 0 amide bonds. The Morgan fingerprint density at radius 1 is 1.56 bits per heavy atom. The van der Waals surface area contributed by atoms with Gasteiger partial charge in [-0.15, -0.1) is 0 Å². The highest BCUT2D eigenvalue weighted by molar-refractivity contribution is 5.64. The van der Waals surface area contributed by atoms with Crippen LogP contribution in [-0.4, -0.2) is 18.9 Å². The molecule has 0 aliphatic carbocycles. The summed E-state index contributed by atoms with van der Waals surface area (Å²) in [4.78, 5) is 4.03. The maximum absolute atomic E-state index is 5.38. The number of fused-ring (bicyclic) bond motifs is 1. The van der Waals surface area contributed by atoms with Gasteiger partial charge in [0, 0.05) is 24.9 Å². The Morgan fingerprint density at radius 2 is 2.56 bits per heavy atom. The van der Waals surface area contributed by atoms with Crippen molar-refractivity contribution in [2.45, 2.75) is 12.5 Å². The van der Waals surface area contributed by atoms with E-state index in [1.54, 1.807) is 0 Å². The second kappa shape index (κ2) is 1.95. The molecule has 0 aromatic rings. The lowest BCUT2D eigenvalue weighted by molar-refractivity contribution is 0.137. The molecule has 9 heavy (non-hydrogen) atoms. The Labute approximate surface area is 54.2 Å². The minimum Gasteiger partial charge on any atom is -0.373 e. The van der Waals surface area contributed by atoms with E-state index < -0.39 is 0 Å². The van der Waals surface area contributed by atoms with Gasteiger partial charge in [0.05, 0.1) is 6.10 Å². The maximum atomic E-state index is 5.38. The summed E-state index contributed by atoms with van der Waals surface area (Å²) in [6.07, 6.45) is 7.29. The van der Waals surface area contributed by atoms with Gasteiger partial charge in [-0.25, -0.2) is 0 Å². The fourth-order valence-electron chi connectivity index (χ4n) is 1.28. The Kier molecular flexibility index (Phi) is 1.12. The lowest BCUT2D eigenvalue weighted by Gasteiger charge is -2.11. The molecular weight excluding hydrogens is 114 g/mol. The molecule has 2 atom stereocenters. The quantitative estimate of drug-likeness (QED) is 0.470. The molecule has 2 unspecified atom stereocenters. The van der Waals surface area contributed by atoms with Gasteiger partial charge in [-0.3, -0.25) is 4.99 Å². The highest BCUT2D eigenvalue weighted by atomic mass is 16.5. The van der Waals surface area contributed by atoms with Gasteiger partial charge in [0.1, 0.15) is 0 Å². The van der Waals surface area contributed by atoms with E-state index in [2.05, 4.69) is 4.99 Å². The zero-order chi connectivity index (χ0) is 6.10. The number of rotatable bonds is 0. The summed E-state index contributed by atoms with van der Waals surface area (Å²) in [6.45, 7) is 0.895. The molecule has 0 saturated carbocycles. The molecule has 1 saturated heterocycles. The Hall–Kier alpha value is -0.630. The van der Waals surface area contributed by atoms with E-state index in [0.29, 0.717) is 12.0 Å². The average molecular weight is 123 g/mol. The van der Waals surface area contributed by atoms with E-state index in [1.807, 2.05) is 18.5 Å². The molecule has 0 aromatic heterocycles. The van der Waals surface area contributed by atoms with Gasteiger partial charge >= 0.3 is 0 Å². The predicted molar refractivity (Wildman–Crippen MR) is 35.5 cm³/mol. The molecule has 0 spiro atoms. The third-order valence-corrected chi connectivity index (χ3v) is 1.82. The van der Waals surface area contributed by atoms with E-state index in [0.717, 1.165) is 13.0 Å². The third kappa shape index (κ3) is 0.793. The first-order chi connectivity index (χ1) is 4.47. The van der Waals surface area contributed by atoms with Crippen LogP contribution in [0.15, 0.2) is 17.3 Å². The highest BCUT2D eigenvalue weighted by Crippen LogP contribution is 2.22. The molecule has 0 bridgehead atoms.